The lowest BCUT2D eigenvalue weighted by Gasteiger charge is -2.36. The van der Waals surface area contributed by atoms with E-state index in [0.717, 1.165) is 55.2 Å². The fourth-order valence-corrected chi connectivity index (χ4v) is 8.61. The Morgan fingerprint density at radius 1 is 0.673 bits per heavy atom. The van der Waals surface area contributed by atoms with E-state index in [4.69, 9.17) is 14.2 Å². The van der Waals surface area contributed by atoms with E-state index in [1.807, 2.05) is 71.0 Å². The average molecular weight is 703 g/mol. The fraction of sp³-hybridized carbons (Fsp3) is 0.413. The van der Waals surface area contributed by atoms with Crippen molar-refractivity contribution in [1.82, 2.24) is 0 Å². The Bertz CT molecular complexity index is 1950. The van der Waals surface area contributed by atoms with E-state index in [1.54, 1.807) is 18.2 Å². The third kappa shape index (κ3) is 7.30. The molecule has 0 N–H and O–H groups in total. The van der Waals surface area contributed by atoms with E-state index in [-0.39, 0.29) is 22.5 Å². The van der Waals surface area contributed by atoms with Crippen molar-refractivity contribution < 1.29 is 28.6 Å². The molecule has 0 saturated heterocycles. The number of hydrogen-bond donors (Lipinski definition) is 0. The van der Waals surface area contributed by atoms with Crippen LogP contribution in [-0.2, 0) is 20.5 Å². The molecule has 0 spiro atoms. The van der Waals surface area contributed by atoms with E-state index >= 15 is 0 Å². The molecule has 1 aliphatic heterocycles. The zero-order valence-electron chi connectivity index (χ0n) is 32.6. The highest BCUT2D eigenvalue weighted by Crippen LogP contribution is 2.50. The van der Waals surface area contributed by atoms with Gasteiger partial charge in [-0.15, -0.1) is 0 Å². The molecule has 0 saturated carbocycles. The molecule has 4 aromatic rings. The van der Waals surface area contributed by atoms with E-state index in [9.17, 15) is 14.4 Å². The number of hydrogen-bond acceptors (Lipinski definition) is 6. The lowest BCUT2D eigenvalue weighted by Crippen LogP contribution is -2.31. The van der Waals surface area contributed by atoms with Crippen molar-refractivity contribution >= 4 is 17.9 Å². The normalized spacial score (nSPS) is 15.6. The highest BCUT2D eigenvalue weighted by Gasteiger charge is 2.49. The van der Waals surface area contributed by atoms with Crippen molar-refractivity contribution in [2.45, 2.75) is 124 Å². The molecule has 6 heteroatoms. The van der Waals surface area contributed by atoms with Gasteiger partial charge in [-0.05, 0) is 130 Å². The topological polar surface area (TPSA) is 78.9 Å². The lowest BCUT2D eigenvalue weighted by molar-refractivity contribution is -0.00476. The number of rotatable bonds is 13. The van der Waals surface area contributed by atoms with Crippen molar-refractivity contribution in [2.24, 2.45) is 0 Å². The van der Waals surface area contributed by atoms with Crippen molar-refractivity contribution in [1.29, 1.82) is 0 Å². The quantitative estimate of drug-likeness (QED) is 0.102. The number of benzene rings is 4. The average Bonchev–Trinajstić information content (AvgIpc) is 3.39. The molecule has 1 heterocycles. The Hall–Kier alpha value is -4.71. The molecule has 0 aliphatic carbocycles. The van der Waals surface area contributed by atoms with E-state index in [2.05, 4.69) is 46.8 Å². The van der Waals surface area contributed by atoms with Gasteiger partial charge >= 0.3 is 17.9 Å². The molecule has 0 amide bonds. The molecule has 0 fully saturated rings. The van der Waals surface area contributed by atoms with Gasteiger partial charge in [-0.2, -0.15) is 0 Å². The van der Waals surface area contributed by atoms with Crippen LogP contribution in [0.1, 0.15) is 156 Å². The van der Waals surface area contributed by atoms with Crippen LogP contribution in [0, 0.1) is 27.7 Å². The van der Waals surface area contributed by atoms with Crippen LogP contribution in [0.25, 0.3) is 0 Å². The smallest absolute Gasteiger partial charge is 0.343 e. The van der Waals surface area contributed by atoms with Crippen LogP contribution < -0.4 is 4.74 Å². The van der Waals surface area contributed by atoms with Gasteiger partial charge in [0.05, 0.1) is 16.7 Å². The molecule has 5 rings (SSSR count). The first-order valence-corrected chi connectivity index (χ1v) is 18.7. The van der Waals surface area contributed by atoms with E-state index < -0.39 is 23.1 Å². The Morgan fingerprint density at radius 2 is 1.19 bits per heavy atom. The van der Waals surface area contributed by atoms with Gasteiger partial charge in [0.2, 0.25) is 0 Å². The van der Waals surface area contributed by atoms with Gasteiger partial charge in [0.1, 0.15) is 11.4 Å². The molecule has 0 bridgehead atoms. The minimum atomic E-state index is -1.20. The van der Waals surface area contributed by atoms with Crippen LogP contribution in [-0.4, -0.2) is 23.5 Å². The summed E-state index contributed by atoms with van der Waals surface area (Å²) in [4.78, 5) is 40.1. The first kappa shape index (κ1) is 38.5. The van der Waals surface area contributed by atoms with Crippen LogP contribution in [0.2, 0.25) is 0 Å². The Labute approximate surface area is 309 Å². The summed E-state index contributed by atoms with van der Waals surface area (Å²) in [5.41, 5.74) is 6.87. The summed E-state index contributed by atoms with van der Waals surface area (Å²) < 4.78 is 18.3. The number of esters is 3. The number of aryl methyl sites for hydroxylation is 4. The molecule has 4 aromatic carbocycles. The predicted octanol–water partition coefficient (Wildman–Crippen LogP) is 11.2. The molecule has 274 valence electrons. The van der Waals surface area contributed by atoms with Crippen molar-refractivity contribution in [3.63, 3.8) is 0 Å². The molecule has 1 unspecified atom stereocenters. The number of carbonyl (C=O) groups is 3. The molecule has 6 nitrogen and oxygen atoms in total. The molecule has 1 atom stereocenters. The maximum atomic E-state index is 13.6. The van der Waals surface area contributed by atoms with Gasteiger partial charge in [0.15, 0.2) is 5.60 Å². The molecule has 52 heavy (non-hydrogen) atoms. The Kier molecular flexibility index (Phi) is 11.2. The van der Waals surface area contributed by atoms with Gasteiger partial charge in [0.25, 0.3) is 0 Å². The largest absolute Gasteiger partial charge is 0.456 e. The summed E-state index contributed by atoms with van der Waals surface area (Å²) in [6, 6.07) is 22.3. The highest BCUT2D eigenvalue weighted by atomic mass is 16.6. The number of carbonyl (C=O) groups excluding carboxylic acids is 3. The van der Waals surface area contributed by atoms with E-state index in [0.29, 0.717) is 22.4 Å². The minimum absolute atomic E-state index is 0.0395. The maximum absolute atomic E-state index is 13.6. The summed E-state index contributed by atoms with van der Waals surface area (Å²) in [7, 11) is 0. The monoisotopic (exact) mass is 702 g/mol. The van der Waals surface area contributed by atoms with Crippen molar-refractivity contribution in [2.75, 3.05) is 0 Å². The first-order valence-electron chi connectivity index (χ1n) is 18.7. The standard InChI is InChI=1S/C46H54O6/c1-11-21-44(8,9)51-42(48)34-18-16-17-33(28-34)41(47)50-40-31(6)26-36(27-32(40)7)46(38-20-15-14-19-37(38)43(49)52-46)35-24-29(4)39(30(5)25-35)45(10,22-12-2)23-13-3/h14-20,24-28H,11-13,21-23H2,1-10H3. The summed E-state index contributed by atoms with van der Waals surface area (Å²) >= 11 is 0. The molecular weight excluding hydrogens is 649 g/mol. The van der Waals surface area contributed by atoms with Crippen LogP contribution in [0.15, 0.2) is 72.8 Å². The van der Waals surface area contributed by atoms with Crippen molar-refractivity contribution in [3.05, 3.63) is 134 Å². The van der Waals surface area contributed by atoms with Crippen molar-refractivity contribution in [3.8, 4) is 5.75 Å². The van der Waals surface area contributed by atoms with Gasteiger partial charge < -0.3 is 14.2 Å². The summed E-state index contributed by atoms with van der Waals surface area (Å²) in [6.07, 6.45) is 5.98. The second-order valence-corrected chi connectivity index (χ2v) is 15.5. The van der Waals surface area contributed by atoms with Crippen LogP contribution in [0.5, 0.6) is 5.75 Å². The second-order valence-electron chi connectivity index (χ2n) is 15.5. The highest BCUT2D eigenvalue weighted by molar-refractivity contribution is 5.97. The van der Waals surface area contributed by atoms with Gasteiger partial charge in [-0.25, -0.2) is 14.4 Å². The van der Waals surface area contributed by atoms with Gasteiger partial charge in [-0.3, -0.25) is 0 Å². The molecular formula is C46H54O6. The summed E-state index contributed by atoms with van der Waals surface area (Å²) in [5, 5.41) is 0. The predicted molar refractivity (Wildman–Crippen MR) is 207 cm³/mol. The third-order valence-corrected chi connectivity index (χ3v) is 10.5. The zero-order valence-corrected chi connectivity index (χ0v) is 32.6. The number of ether oxygens (including phenoxy) is 3. The SMILES string of the molecule is CCCC(C)(C)OC(=O)c1cccc(C(=O)Oc2c(C)cc(C3(c4cc(C)c(C(C)(CCC)CCC)c(C)c4)OC(=O)c4ccccc43)cc2C)c1. The molecule has 0 aromatic heterocycles. The summed E-state index contributed by atoms with van der Waals surface area (Å²) in [5.74, 6) is -1.03. The van der Waals surface area contributed by atoms with Gasteiger partial charge in [-0.1, -0.05) is 83.4 Å². The van der Waals surface area contributed by atoms with Crippen LogP contribution in [0.4, 0.5) is 0 Å². The van der Waals surface area contributed by atoms with E-state index in [1.165, 1.54) is 22.8 Å². The Morgan fingerprint density at radius 3 is 1.75 bits per heavy atom. The third-order valence-electron chi connectivity index (χ3n) is 10.5. The fourth-order valence-electron chi connectivity index (χ4n) is 8.61. The number of cyclic esters (lactones) is 1. The number of fused-ring (bicyclic) bond motifs is 1. The van der Waals surface area contributed by atoms with Crippen LogP contribution >= 0.6 is 0 Å². The zero-order chi connectivity index (χ0) is 38.0. The molecule has 0 radical (unpaired) electrons. The lowest BCUT2D eigenvalue weighted by atomic mass is 9.70. The van der Waals surface area contributed by atoms with Gasteiger partial charge in [0, 0.05) is 16.7 Å². The summed E-state index contributed by atoms with van der Waals surface area (Å²) in [6.45, 7) is 20.8. The maximum Gasteiger partial charge on any atom is 0.343 e. The minimum Gasteiger partial charge on any atom is -0.456 e. The van der Waals surface area contributed by atoms with Crippen LogP contribution in [0.3, 0.4) is 0 Å². The second kappa shape index (κ2) is 15.1. The Balaban J connectivity index is 1.56. The first-order chi connectivity index (χ1) is 24.6. The molecule has 1 aliphatic rings.